The lowest BCUT2D eigenvalue weighted by Gasteiger charge is -2.07. The molecule has 1 atom stereocenters. The summed E-state index contributed by atoms with van der Waals surface area (Å²) in [4.78, 5) is 4.34. The minimum absolute atomic E-state index is 0.147. The van der Waals surface area contributed by atoms with Crippen molar-refractivity contribution in [3.63, 3.8) is 0 Å². The van der Waals surface area contributed by atoms with Crippen LogP contribution in [-0.4, -0.2) is 31.5 Å². The van der Waals surface area contributed by atoms with Gasteiger partial charge in [0.25, 0.3) is 0 Å². The molecule has 3 rings (SSSR count). The zero-order valence-electron chi connectivity index (χ0n) is 10.1. The number of benzene rings is 1. The van der Waals surface area contributed by atoms with Gasteiger partial charge in [-0.15, -0.1) is 0 Å². The number of rotatable bonds is 3. The smallest absolute Gasteiger partial charge is 0.183 e. The van der Waals surface area contributed by atoms with E-state index in [2.05, 4.69) is 10.3 Å². The number of anilines is 1. The van der Waals surface area contributed by atoms with Gasteiger partial charge in [-0.2, -0.15) is 0 Å². The molecule has 0 radical (unpaired) electrons. The molecular formula is C12H13FN2O2S2. The van der Waals surface area contributed by atoms with Crippen LogP contribution in [0.4, 0.5) is 9.52 Å². The van der Waals surface area contributed by atoms with Crippen molar-refractivity contribution in [1.29, 1.82) is 0 Å². The third-order valence-electron chi connectivity index (χ3n) is 3.22. The summed E-state index contributed by atoms with van der Waals surface area (Å²) in [6.07, 6.45) is 0.703. The molecule has 0 bridgehead atoms. The highest BCUT2D eigenvalue weighted by Crippen LogP contribution is 2.27. The van der Waals surface area contributed by atoms with E-state index in [1.54, 1.807) is 6.07 Å². The van der Waals surface area contributed by atoms with E-state index in [1.807, 2.05) is 0 Å². The summed E-state index contributed by atoms with van der Waals surface area (Å²) in [5.41, 5.74) is 0.757. The molecular weight excluding hydrogens is 287 g/mol. The Morgan fingerprint density at radius 3 is 3.05 bits per heavy atom. The predicted molar refractivity (Wildman–Crippen MR) is 74.8 cm³/mol. The average Bonchev–Trinajstić information content (AvgIpc) is 2.89. The zero-order valence-corrected chi connectivity index (χ0v) is 11.7. The van der Waals surface area contributed by atoms with Crippen molar-refractivity contribution in [3.8, 4) is 0 Å². The summed E-state index contributed by atoms with van der Waals surface area (Å²) < 4.78 is 36.5. The Morgan fingerprint density at radius 2 is 2.32 bits per heavy atom. The number of aromatic nitrogens is 1. The minimum Gasteiger partial charge on any atom is -0.361 e. The molecule has 1 unspecified atom stereocenters. The standard InChI is InChI=1S/C12H13FN2O2S2/c13-9-1-2-10-11(5-9)18-12(15-10)14-6-8-3-4-19(16,17)7-8/h1-2,5,8H,3-4,6-7H2,(H,14,15). The zero-order chi connectivity index (χ0) is 13.5. The van der Waals surface area contributed by atoms with E-state index >= 15 is 0 Å². The molecule has 1 fully saturated rings. The molecule has 4 nitrogen and oxygen atoms in total. The third kappa shape index (κ3) is 2.87. The van der Waals surface area contributed by atoms with E-state index < -0.39 is 9.84 Å². The number of nitrogens with one attached hydrogen (secondary N) is 1. The summed E-state index contributed by atoms with van der Waals surface area (Å²) in [7, 11) is -2.84. The third-order valence-corrected chi connectivity index (χ3v) is 6.03. The second kappa shape index (κ2) is 4.72. The van der Waals surface area contributed by atoms with Crippen LogP contribution in [0.2, 0.25) is 0 Å². The SMILES string of the molecule is O=S1(=O)CCC(CNc2nc3ccc(F)cc3s2)C1. The lowest BCUT2D eigenvalue weighted by atomic mass is 10.1. The topological polar surface area (TPSA) is 59.1 Å². The minimum atomic E-state index is -2.84. The molecule has 0 aliphatic carbocycles. The maximum atomic E-state index is 13.1. The van der Waals surface area contributed by atoms with E-state index in [9.17, 15) is 12.8 Å². The van der Waals surface area contributed by atoms with E-state index in [-0.39, 0.29) is 23.2 Å². The highest BCUT2D eigenvalue weighted by atomic mass is 32.2. The second-order valence-corrected chi connectivity index (χ2v) is 8.04. The van der Waals surface area contributed by atoms with Crippen LogP contribution in [0.25, 0.3) is 10.2 Å². The van der Waals surface area contributed by atoms with Gasteiger partial charge in [-0.1, -0.05) is 11.3 Å². The molecule has 1 aromatic carbocycles. The van der Waals surface area contributed by atoms with Crippen LogP contribution >= 0.6 is 11.3 Å². The fraction of sp³-hybridized carbons (Fsp3) is 0.417. The van der Waals surface area contributed by atoms with Crippen molar-refractivity contribution >= 4 is 36.5 Å². The monoisotopic (exact) mass is 300 g/mol. The Bertz CT molecular complexity index is 712. The van der Waals surface area contributed by atoms with Crippen molar-refractivity contribution in [3.05, 3.63) is 24.0 Å². The number of fused-ring (bicyclic) bond motifs is 1. The highest BCUT2D eigenvalue weighted by Gasteiger charge is 2.27. The molecule has 1 aliphatic rings. The van der Waals surface area contributed by atoms with Gasteiger partial charge in [0.15, 0.2) is 15.0 Å². The van der Waals surface area contributed by atoms with Crippen LogP contribution in [0.3, 0.4) is 0 Å². The molecule has 19 heavy (non-hydrogen) atoms. The van der Waals surface area contributed by atoms with Crippen LogP contribution in [0, 0.1) is 11.7 Å². The number of halogens is 1. The second-order valence-electron chi connectivity index (χ2n) is 4.78. The van der Waals surface area contributed by atoms with E-state index in [1.165, 1.54) is 23.5 Å². The normalized spacial score (nSPS) is 21.8. The van der Waals surface area contributed by atoms with Gasteiger partial charge < -0.3 is 5.32 Å². The highest BCUT2D eigenvalue weighted by molar-refractivity contribution is 7.91. The van der Waals surface area contributed by atoms with Gasteiger partial charge in [0.2, 0.25) is 0 Å². The first kappa shape index (κ1) is 12.8. The lowest BCUT2D eigenvalue weighted by Crippen LogP contribution is -2.15. The Hall–Kier alpha value is -1.21. The average molecular weight is 300 g/mol. The first-order chi connectivity index (χ1) is 9.02. The summed E-state index contributed by atoms with van der Waals surface area (Å²) >= 11 is 1.38. The molecule has 0 spiro atoms. The molecule has 2 aromatic rings. The van der Waals surface area contributed by atoms with Gasteiger partial charge in [0, 0.05) is 6.54 Å². The molecule has 1 N–H and O–H groups in total. The van der Waals surface area contributed by atoms with Gasteiger partial charge >= 0.3 is 0 Å². The molecule has 2 heterocycles. The number of sulfone groups is 1. The number of nitrogens with zero attached hydrogens (tertiary/aromatic N) is 1. The number of hydrogen-bond donors (Lipinski definition) is 1. The molecule has 102 valence electrons. The fourth-order valence-corrected chi connectivity index (χ4v) is 5.00. The summed E-state index contributed by atoms with van der Waals surface area (Å²) in [5.74, 6) is 0.405. The number of hydrogen-bond acceptors (Lipinski definition) is 5. The Morgan fingerprint density at radius 1 is 1.47 bits per heavy atom. The van der Waals surface area contributed by atoms with Gasteiger partial charge in [-0.05, 0) is 30.5 Å². The van der Waals surface area contributed by atoms with Gasteiger partial charge in [-0.25, -0.2) is 17.8 Å². The Balaban J connectivity index is 1.69. The molecule has 0 amide bonds. The van der Waals surface area contributed by atoms with Crippen molar-refractivity contribution in [1.82, 2.24) is 4.98 Å². The van der Waals surface area contributed by atoms with Crippen LogP contribution in [0.1, 0.15) is 6.42 Å². The molecule has 1 aromatic heterocycles. The first-order valence-corrected chi connectivity index (χ1v) is 8.66. The Kier molecular flexibility index (Phi) is 3.18. The lowest BCUT2D eigenvalue weighted by molar-refractivity contribution is 0.596. The molecule has 0 saturated carbocycles. The Labute approximate surface area is 114 Å². The van der Waals surface area contributed by atoms with E-state index in [0.29, 0.717) is 18.1 Å². The summed E-state index contributed by atoms with van der Waals surface area (Å²) in [5, 5.41) is 3.87. The molecule has 1 saturated heterocycles. The van der Waals surface area contributed by atoms with Crippen LogP contribution in [-0.2, 0) is 9.84 Å². The quantitative estimate of drug-likeness (QED) is 0.945. The maximum Gasteiger partial charge on any atom is 0.183 e. The van der Waals surface area contributed by atoms with Gasteiger partial charge in [0.1, 0.15) is 5.82 Å². The molecule has 1 aliphatic heterocycles. The summed E-state index contributed by atoms with van der Waals surface area (Å²) in [6, 6.07) is 4.49. The fourth-order valence-electron chi connectivity index (χ4n) is 2.24. The molecule has 7 heteroatoms. The number of thiazole rings is 1. The van der Waals surface area contributed by atoms with Crippen molar-refractivity contribution in [2.75, 3.05) is 23.4 Å². The van der Waals surface area contributed by atoms with Crippen molar-refractivity contribution < 1.29 is 12.8 Å². The van der Waals surface area contributed by atoms with Gasteiger partial charge in [-0.3, -0.25) is 0 Å². The first-order valence-electron chi connectivity index (χ1n) is 6.02. The van der Waals surface area contributed by atoms with Crippen LogP contribution in [0.5, 0.6) is 0 Å². The largest absolute Gasteiger partial charge is 0.361 e. The summed E-state index contributed by atoms with van der Waals surface area (Å²) in [6.45, 7) is 0.599. The van der Waals surface area contributed by atoms with E-state index in [4.69, 9.17) is 0 Å². The van der Waals surface area contributed by atoms with Crippen molar-refractivity contribution in [2.45, 2.75) is 6.42 Å². The van der Waals surface area contributed by atoms with Crippen LogP contribution in [0.15, 0.2) is 18.2 Å². The maximum absolute atomic E-state index is 13.1. The van der Waals surface area contributed by atoms with Crippen LogP contribution < -0.4 is 5.32 Å². The predicted octanol–water partition coefficient (Wildman–Crippen LogP) is 2.28. The van der Waals surface area contributed by atoms with E-state index in [0.717, 1.165) is 10.2 Å². The van der Waals surface area contributed by atoms with Gasteiger partial charge in [0.05, 0.1) is 21.7 Å². The van der Waals surface area contributed by atoms with Crippen molar-refractivity contribution in [2.24, 2.45) is 5.92 Å².